The van der Waals surface area contributed by atoms with Crippen molar-refractivity contribution in [2.75, 3.05) is 25.0 Å². The molecule has 2 aromatic rings. The lowest BCUT2D eigenvalue weighted by Crippen LogP contribution is -2.39. The number of carbonyl (C=O) groups excluding carboxylic acids is 2. The maximum atomic E-state index is 13.8. The number of carbonyl (C=O) groups is 2. The van der Waals surface area contributed by atoms with Gasteiger partial charge in [-0.1, -0.05) is 52.0 Å². The average molecular weight is 526 g/mol. The first kappa shape index (κ1) is 27.3. The van der Waals surface area contributed by atoms with Crippen LogP contribution in [0.15, 0.2) is 53.4 Å². The van der Waals surface area contributed by atoms with Crippen molar-refractivity contribution in [1.29, 1.82) is 0 Å². The minimum Gasteiger partial charge on any atom is -0.329 e. The summed E-state index contributed by atoms with van der Waals surface area (Å²) in [6, 6.07) is 13.7. The topological polar surface area (TPSA) is 86.8 Å². The van der Waals surface area contributed by atoms with Crippen LogP contribution in [0.4, 0.5) is 5.69 Å². The second-order valence-corrected chi connectivity index (χ2v) is 13.8. The number of aryl methyl sites for hydroxylation is 1. The molecule has 1 heterocycles. The van der Waals surface area contributed by atoms with E-state index < -0.39 is 10.0 Å². The van der Waals surface area contributed by atoms with E-state index in [4.69, 9.17) is 0 Å². The SMILES string of the molecule is CCCN(CC(=O)Nc1ccccc1C)C(=O)c1cccc(S(=O)(=O)N2C[C@@]3(C)C[C@@H]2CC(C)(C)C3)c1. The van der Waals surface area contributed by atoms with E-state index in [9.17, 15) is 18.0 Å². The predicted octanol–water partition coefficient (Wildman–Crippen LogP) is 5.08. The van der Waals surface area contributed by atoms with E-state index in [1.807, 2.05) is 38.1 Å². The van der Waals surface area contributed by atoms with Crippen LogP contribution in [0.25, 0.3) is 0 Å². The molecule has 2 atom stereocenters. The zero-order valence-electron chi connectivity index (χ0n) is 22.6. The highest BCUT2D eigenvalue weighted by Gasteiger charge is 2.53. The zero-order valence-corrected chi connectivity index (χ0v) is 23.4. The maximum Gasteiger partial charge on any atom is 0.254 e. The van der Waals surface area contributed by atoms with Gasteiger partial charge in [-0.05, 0) is 73.3 Å². The summed E-state index contributed by atoms with van der Waals surface area (Å²) in [4.78, 5) is 27.8. The van der Waals surface area contributed by atoms with Crippen LogP contribution < -0.4 is 5.32 Å². The number of anilines is 1. The molecule has 2 fully saturated rings. The van der Waals surface area contributed by atoms with Crippen LogP contribution in [0.3, 0.4) is 0 Å². The van der Waals surface area contributed by atoms with Crippen molar-refractivity contribution in [2.24, 2.45) is 10.8 Å². The van der Waals surface area contributed by atoms with Crippen LogP contribution in [0, 0.1) is 17.8 Å². The molecule has 2 aromatic carbocycles. The summed E-state index contributed by atoms with van der Waals surface area (Å²) < 4.78 is 29.2. The summed E-state index contributed by atoms with van der Waals surface area (Å²) in [5.41, 5.74) is 1.98. The molecule has 0 aromatic heterocycles. The first-order chi connectivity index (χ1) is 17.3. The van der Waals surface area contributed by atoms with Crippen LogP contribution in [0.5, 0.6) is 0 Å². The first-order valence-corrected chi connectivity index (χ1v) is 14.5. The summed E-state index contributed by atoms with van der Waals surface area (Å²) in [6.07, 6.45) is 3.37. The highest BCUT2D eigenvalue weighted by Crippen LogP contribution is 2.53. The lowest BCUT2D eigenvalue weighted by Gasteiger charge is -2.39. The summed E-state index contributed by atoms with van der Waals surface area (Å²) >= 11 is 0. The van der Waals surface area contributed by atoms with E-state index in [1.165, 1.54) is 11.0 Å². The van der Waals surface area contributed by atoms with Crippen LogP contribution >= 0.6 is 0 Å². The Morgan fingerprint density at radius 2 is 1.81 bits per heavy atom. The van der Waals surface area contributed by atoms with Gasteiger partial charge in [-0.2, -0.15) is 4.31 Å². The van der Waals surface area contributed by atoms with Crippen molar-refractivity contribution < 1.29 is 18.0 Å². The molecule has 8 heteroatoms. The number of fused-ring (bicyclic) bond motifs is 2. The van der Waals surface area contributed by atoms with Crippen molar-refractivity contribution in [1.82, 2.24) is 9.21 Å². The molecule has 1 aliphatic heterocycles. The van der Waals surface area contributed by atoms with Crippen LogP contribution in [0.1, 0.15) is 69.3 Å². The van der Waals surface area contributed by atoms with Gasteiger partial charge in [0.25, 0.3) is 5.91 Å². The minimum absolute atomic E-state index is 0.0279. The summed E-state index contributed by atoms with van der Waals surface area (Å²) in [7, 11) is -3.76. The number of amides is 2. The summed E-state index contributed by atoms with van der Waals surface area (Å²) in [6.45, 7) is 11.2. The number of hydrogen-bond donors (Lipinski definition) is 1. The van der Waals surface area contributed by atoms with Gasteiger partial charge < -0.3 is 10.2 Å². The third-order valence-electron chi connectivity index (χ3n) is 7.59. The molecular weight excluding hydrogens is 486 g/mol. The van der Waals surface area contributed by atoms with Gasteiger partial charge in [0.15, 0.2) is 0 Å². The quantitative estimate of drug-likeness (QED) is 0.521. The fourth-order valence-electron chi connectivity index (χ4n) is 6.40. The Bertz CT molecular complexity index is 1290. The van der Waals surface area contributed by atoms with Crippen LogP contribution in [-0.2, 0) is 14.8 Å². The Kier molecular flexibility index (Phi) is 7.55. The van der Waals surface area contributed by atoms with Crippen molar-refractivity contribution in [3.8, 4) is 0 Å². The number of hydrogen-bond acceptors (Lipinski definition) is 4. The lowest BCUT2D eigenvalue weighted by atomic mass is 9.65. The molecule has 0 spiro atoms. The van der Waals surface area contributed by atoms with E-state index in [0.717, 1.165) is 24.8 Å². The normalized spacial score (nSPS) is 23.0. The van der Waals surface area contributed by atoms with E-state index in [0.29, 0.717) is 25.2 Å². The Hall–Kier alpha value is -2.71. The molecule has 0 radical (unpaired) electrons. The second kappa shape index (κ2) is 10.2. The first-order valence-electron chi connectivity index (χ1n) is 13.1. The maximum absolute atomic E-state index is 13.8. The van der Waals surface area contributed by atoms with Gasteiger partial charge in [-0.25, -0.2) is 8.42 Å². The number of rotatable bonds is 8. The average Bonchev–Trinajstić information content (AvgIpc) is 3.09. The third kappa shape index (κ3) is 5.91. The van der Waals surface area contributed by atoms with Crippen molar-refractivity contribution >= 4 is 27.5 Å². The molecule has 7 nitrogen and oxygen atoms in total. The largest absolute Gasteiger partial charge is 0.329 e. The Morgan fingerprint density at radius 3 is 2.51 bits per heavy atom. The molecular formula is C29H39N3O4S. The number of sulfonamides is 1. The molecule has 37 heavy (non-hydrogen) atoms. The Morgan fingerprint density at radius 1 is 1.08 bits per heavy atom. The monoisotopic (exact) mass is 525 g/mol. The molecule has 2 amide bonds. The summed E-state index contributed by atoms with van der Waals surface area (Å²) in [5, 5.41) is 2.87. The molecule has 2 bridgehead atoms. The molecule has 1 aliphatic carbocycles. The van der Waals surface area contributed by atoms with Crippen molar-refractivity contribution in [3.63, 3.8) is 0 Å². The number of para-hydroxylation sites is 1. The van der Waals surface area contributed by atoms with E-state index in [2.05, 4.69) is 26.1 Å². The second-order valence-electron chi connectivity index (χ2n) is 11.9. The van der Waals surface area contributed by atoms with Gasteiger partial charge >= 0.3 is 0 Å². The fourth-order valence-corrected chi connectivity index (χ4v) is 8.22. The molecule has 2 aliphatic rings. The molecule has 0 unspecified atom stereocenters. The predicted molar refractivity (Wildman–Crippen MR) is 146 cm³/mol. The van der Waals surface area contributed by atoms with Crippen molar-refractivity contribution in [2.45, 2.75) is 71.2 Å². The van der Waals surface area contributed by atoms with Crippen LogP contribution in [0.2, 0.25) is 0 Å². The Labute approximate surface area is 221 Å². The number of nitrogens with zero attached hydrogens (tertiary/aromatic N) is 2. The van der Waals surface area contributed by atoms with Gasteiger partial charge in [0.05, 0.1) is 4.90 Å². The molecule has 1 saturated heterocycles. The molecule has 1 N–H and O–H groups in total. The van der Waals surface area contributed by atoms with E-state index in [-0.39, 0.29) is 45.7 Å². The van der Waals surface area contributed by atoms with Gasteiger partial charge in [0.1, 0.15) is 6.54 Å². The molecule has 200 valence electrons. The van der Waals surface area contributed by atoms with Gasteiger partial charge in [0.2, 0.25) is 15.9 Å². The standard InChI is InChI=1S/C29H39N3O4S/c1-6-14-31(18-26(33)30-25-13-8-7-10-21(25)2)27(34)22-11-9-12-24(15-22)37(35,36)32-20-29(5)17-23(32)16-28(3,4)19-29/h7-13,15,23H,6,14,16-20H2,1-5H3,(H,30,33)/t23-,29-/m0/s1. The van der Waals surface area contributed by atoms with E-state index in [1.54, 1.807) is 22.5 Å². The highest BCUT2D eigenvalue weighted by molar-refractivity contribution is 7.89. The Balaban J connectivity index is 1.53. The molecule has 1 saturated carbocycles. The van der Waals surface area contributed by atoms with Crippen LogP contribution in [-0.4, -0.2) is 55.1 Å². The van der Waals surface area contributed by atoms with E-state index >= 15 is 0 Å². The highest BCUT2D eigenvalue weighted by atomic mass is 32.2. The lowest BCUT2D eigenvalue weighted by molar-refractivity contribution is -0.116. The van der Waals surface area contributed by atoms with Crippen molar-refractivity contribution in [3.05, 3.63) is 59.7 Å². The van der Waals surface area contributed by atoms with Gasteiger partial charge in [0, 0.05) is 30.4 Å². The van der Waals surface area contributed by atoms with Gasteiger partial charge in [-0.3, -0.25) is 9.59 Å². The smallest absolute Gasteiger partial charge is 0.254 e. The minimum atomic E-state index is -3.76. The summed E-state index contributed by atoms with van der Waals surface area (Å²) in [5.74, 6) is -0.646. The number of nitrogens with one attached hydrogen (secondary N) is 1. The van der Waals surface area contributed by atoms with Gasteiger partial charge in [-0.15, -0.1) is 0 Å². The third-order valence-corrected chi connectivity index (χ3v) is 9.48. The zero-order chi connectivity index (χ0) is 27.0. The fraction of sp³-hybridized carbons (Fsp3) is 0.517. The number of benzene rings is 2. The molecule has 4 rings (SSSR count).